The summed E-state index contributed by atoms with van der Waals surface area (Å²) < 4.78 is 23.8. The highest BCUT2D eigenvalue weighted by atomic mass is 19.1. The summed E-state index contributed by atoms with van der Waals surface area (Å²) in [6.07, 6.45) is 1.46. The molecule has 7 heteroatoms. The first-order chi connectivity index (χ1) is 13.6. The minimum atomic E-state index is -0.335. The molecule has 144 valence electrons. The Labute approximate surface area is 162 Å². The van der Waals surface area contributed by atoms with Gasteiger partial charge in [-0.25, -0.2) is 9.37 Å². The lowest BCUT2D eigenvalue weighted by Gasteiger charge is -2.09. The lowest BCUT2D eigenvalue weighted by molar-refractivity contribution is 0.0946. The molecule has 0 aliphatic carbocycles. The molecule has 0 bridgehead atoms. The Morgan fingerprint density at radius 2 is 1.86 bits per heavy atom. The molecule has 0 aliphatic rings. The van der Waals surface area contributed by atoms with Gasteiger partial charge < -0.3 is 20.1 Å². The van der Waals surface area contributed by atoms with E-state index in [0.717, 1.165) is 5.75 Å². The molecule has 0 saturated carbocycles. The zero-order valence-corrected chi connectivity index (χ0v) is 15.3. The SMILES string of the molecule is COc1ccc(OCCNC(=O)c2ccc(Nc3cccc(F)c3)nc2)cc1. The van der Waals surface area contributed by atoms with Crippen molar-refractivity contribution in [3.8, 4) is 11.5 Å². The van der Waals surface area contributed by atoms with Crippen molar-refractivity contribution in [2.45, 2.75) is 0 Å². The van der Waals surface area contributed by atoms with Crippen molar-refractivity contribution < 1.29 is 18.7 Å². The van der Waals surface area contributed by atoms with Crippen LogP contribution < -0.4 is 20.1 Å². The van der Waals surface area contributed by atoms with E-state index in [1.54, 1.807) is 55.6 Å². The molecule has 6 nitrogen and oxygen atoms in total. The quantitative estimate of drug-likeness (QED) is 0.581. The number of hydrogen-bond acceptors (Lipinski definition) is 5. The number of anilines is 2. The molecule has 0 saturated heterocycles. The molecule has 1 amide bonds. The van der Waals surface area contributed by atoms with Crippen LogP contribution >= 0.6 is 0 Å². The number of ether oxygens (including phenoxy) is 2. The van der Waals surface area contributed by atoms with Crippen molar-refractivity contribution in [1.82, 2.24) is 10.3 Å². The van der Waals surface area contributed by atoms with Crippen LogP contribution in [0.5, 0.6) is 11.5 Å². The number of hydrogen-bond donors (Lipinski definition) is 2. The van der Waals surface area contributed by atoms with Crippen LogP contribution in [0, 0.1) is 5.82 Å². The minimum Gasteiger partial charge on any atom is -0.497 e. The van der Waals surface area contributed by atoms with Gasteiger partial charge in [0, 0.05) is 11.9 Å². The highest BCUT2D eigenvalue weighted by Crippen LogP contribution is 2.17. The van der Waals surface area contributed by atoms with E-state index < -0.39 is 0 Å². The summed E-state index contributed by atoms with van der Waals surface area (Å²) in [5.41, 5.74) is 1.01. The number of halogens is 1. The first kappa shape index (κ1) is 19.2. The number of nitrogens with zero attached hydrogens (tertiary/aromatic N) is 1. The Hall–Kier alpha value is -3.61. The number of rotatable bonds is 8. The van der Waals surface area contributed by atoms with Crippen LogP contribution in [0.25, 0.3) is 0 Å². The van der Waals surface area contributed by atoms with Gasteiger partial charge in [0.15, 0.2) is 0 Å². The van der Waals surface area contributed by atoms with Gasteiger partial charge in [-0.15, -0.1) is 0 Å². The summed E-state index contributed by atoms with van der Waals surface area (Å²) in [7, 11) is 1.60. The second-order valence-corrected chi connectivity index (χ2v) is 5.85. The Bertz CT molecular complexity index is 915. The van der Waals surface area contributed by atoms with Crippen LogP contribution in [0.15, 0.2) is 66.9 Å². The standard InChI is InChI=1S/C21H20FN3O3/c1-27-18-6-8-19(9-7-18)28-12-11-23-21(26)15-5-10-20(24-14-15)25-17-4-2-3-16(22)13-17/h2-10,13-14H,11-12H2,1H3,(H,23,26)(H,24,25). The zero-order valence-electron chi connectivity index (χ0n) is 15.3. The van der Waals surface area contributed by atoms with Gasteiger partial charge in [-0.3, -0.25) is 4.79 Å². The van der Waals surface area contributed by atoms with Crippen LogP contribution in [-0.2, 0) is 0 Å². The molecule has 2 N–H and O–H groups in total. The van der Waals surface area contributed by atoms with Gasteiger partial charge in [-0.05, 0) is 54.6 Å². The van der Waals surface area contributed by atoms with Crippen LogP contribution in [-0.4, -0.2) is 31.2 Å². The fourth-order valence-corrected chi connectivity index (χ4v) is 2.42. The minimum absolute atomic E-state index is 0.247. The molecule has 28 heavy (non-hydrogen) atoms. The number of benzene rings is 2. The van der Waals surface area contributed by atoms with Gasteiger partial charge in [-0.2, -0.15) is 0 Å². The van der Waals surface area contributed by atoms with Gasteiger partial charge in [0.25, 0.3) is 5.91 Å². The molecular weight excluding hydrogens is 361 g/mol. The number of amides is 1. The molecule has 0 fully saturated rings. The molecule has 0 atom stereocenters. The number of carbonyl (C=O) groups excluding carboxylic acids is 1. The molecule has 0 aliphatic heterocycles. The third-order valence-corrected chi connectivity index (χ3v) is 3.84. The van der Waals surface area contributed by atoms with Crippen molar-refractivity contribution in [2.24, 2.45) is 0 Å². The Morgan fingerprint density at radius 3 is 2.54 bits per heavy atom. The van der Waals surface area contributed by atoms with Gasteiger partial charge in [0.1, 0.15) is 29.7 Å². The smallest absolute Gasteiger partial charge is 0.252 e. The van der Waals surface area contributed by atoms with Gasteiger partial charge >= 0.3 is 0 Å². The second-order valence-electron chi connectivity index (χ2n) is 5.85. The zero-order chi connectivity index (χ0) is 19.8. The predicted octanol–water partition coefficient (Wildman–Crippen LogP) is 3.78. The summed E-state index contributed by atoms with van der Waals surface area (Å²) in [6, 6.07) is 16.6. The maximum absolute atomic E-state index is 13.2. The van der Waals surface area contributed by atoms with E-state index in [4.69, 9.17) is 9.47 Å². The van der Waals surface area contributed by atoms with E-state index in [1.807, 2.05) is 0 Å². The average Bonchev–Trinajstić information content (AvgIpc) is 2.72. The van der Waals surface area contributed by atoms with E-state index in [2.05, 4.69) is 15.6 Å². The molecule has 2 aromatic carbocycles. The number of methoxy groups -OCH3 is 1. The fourth-order valence-electron chi connectivity index (χ4n) is 2.42. The normalized spacial score (nSPS) is 10.2. The number of nitrogens with one attached hydrogen (secondary N) is 2. The highest BCUT2D eigenvalue weighted by molar-refractivity contribution is 5.94. The average molecular weight is 381 g/mol. The Kier molecular flexibility index (Phi) is 6.41. The molecule has 1 aromatic heterocycles. The number of carbonyl (C=O) groups is 1. The van der Waals surface area contributed by atoms with Gasteiger partial charge in [0.2, 0.25) is 0 Å². The molecular formula is C21H20FN3O3. The molecule has 3 rings (SSSR count). The first-order valence-electron chi connectivity index (χ1n) is 8.68. The maximum Gasteiger partial charge on any atom is 0.252 e. The fraction of sp³-hybridized carbons (Fsp3) is 0.143. The van der Waals surface area contributed by atoms with E-state index in [-0.39, 0.29) is 11.7 Å². The topological polar surface area (TPSA) is 72.5 Å². The largest absolute Gasteiger partial charge is 0.497 e. The van der Waals surface area contributed by atoms with Gasteiger partial charge in [0.05, 0.1) is 19.2 Å². The summed E-state index contributed by atoms with van der Waals surface area (Å²) in [6.45, 7) is 0.693. The molecule has 0 radical (unpaired) electrons. The molecule has 0 spiro atoms. The lowest BCUT2D eigenvalue weighted by Crippen LogP contribution is -2.28. The summed E-state index contributed by atoms with van der Waals surface area (Å²) in [4.78, 5) is 16.3. The highest BCUT2D eigenvalue weighted by Gasteiger charge is 2.06. The molecule has 1 heterocycles. The van der Waals surface area contributed by atoms with Crippen molar-refractivity contribution in [1.29, 1.82) is 0 Å². The van der Waals surface area contributed by atoms with Crippen molar-refractivity contribution >= 4 is 17.4 Å². The molecule has 3 aromatic rings. The van der Waals surface area contributed by atoms with E-state index in [1.165, 1.54) is 18.3 Å². The summed E-state index contributed by atoms with van der Waals surface area (Å²) >= 11 is 0. The maximum atomic E-state index is 13.2. The van der Waals surface area contributed by atoms with Crippen LogP contribution in [0.2, 0.25) is 0 Å². The third-order valence-electron chi connectivity index (χ3n) is 3.84. The number of aromatic nitrogens is 1. The van der Waals surface area contributed by atoms with Crippen molar-refractivity contribution in [3.63, 3.8) is 0 Å². The Balaban J connectivity index is 1.45. The third kappa shape index (κ3) is 5.44. The van der Waals surface area contributed by atoms with Crippen LogP contribution in [0.4, 0.5) is 15.9 Å². The first-order valence-corrected chi connectivity index (χ1v) is 8.68. The van der Waals surface area contributed by atoms with Crippen molar-refractivity contribution in [2.75, 3.05) is 25.6 Å². The van der Waals surface area contributed by atoms with Gasteiger partial charge in [-0.1, -0.05) is 6.07 Å². The lowest BCUT2D eigenvalue weighted by atomic mass is 10.2. The van der Waals surface area contributed by atoms with Crippen molar-refractivity contribution in [3.05, 3.63) is 78.2 Å². The summed E-state index contributed by atoms with van der Waals surface area (Å²) in [5, 5.41) is 5.75. The second kappa shape index (κ2) is 9.36. The monoisotopic (exact) mass is 381 g/mol. The predicted molar refractivity (Wildman–Crippen MR) is 105 cm³/mol. The van der Waals surface area contributed by atoms with E-state index in [9.17, 15) is 9.18 Å². The van der Waals surface area contributed by atoms with E-state index in [0.29, 0.717) is 36.0 Å². The summed E-state index contributed by atoms with van der Waals surface area (Å²) in [5.74, 6) is 1.39. The molecule has 0 unspecified atom stereocenters. The van der Waals surface area contributed by atoms with E-state index >= 15 is 0 Å². The Morgan fingerprint density at radius 1 is 1.07 bits per heavy atom. The van der Waals surface area contributed by atoms with Crippen LogP contribution in [0.3, 0.4) is 0 Å². The van der Waals surface area contributed by atoms with Crippen LogP contribution in [0.1, 0.15) is 10.4 Å². The number of pyridine rings is 1.